The van der Waals surface area contributed by atoms with E-state index in [9.17, 15) is 10.2 Å². The van der Waals surface area contributed by atoms with E-state index in [4.69, 9.17) is 4.74 Å². The van der Waals surface area contributed by atoms with Crippen LogP contribution in [0.3, 0.4) is 0 Å². The summed E-state index contributed by atoms with van der Waals surface area (Å²) in [6.07, 6.45) is 0. The first-order valence-corrected chi connectivity index (χ1v) is 5.83. The maximum atomic E-state index is 9.62. The summed E-state index contributed by atoms with van der Waals surface area (Å²) in [5.41, 5.74) is 1.52. The summed E-state index contributed by atoms with van der Waals surface area (Å²) in [6.45, 7) is 4.10. The molecule has 0 amide bonds. The minimum atomic E-state index is -0.319. The molecule has 92 valence electrons. The second kappa shape index (κ2) is 3.42. The number of hydrogen-bond donors (Lipinski definition) is 2. The fraction of sp³-hybridized carbons (Fsp3) is 0.200. The number of fused-ring (bicyclic) bond motifs is 2. The molecule has 0 atom stereocenters. The number of aromatic hydroxyl groups is 2. The van der Waals surface area contributed by atoms with Crippen molar-refractivity contribution in [2.24, 2.45) is 0 Å². The molecular weight excluding hydrogens is 228 g/mol. The summed E-state index contributed by atoms with van der Waals surface area (Å²) >= 11 is 0. The fourth-order valence-electron chi connectivity index (χ4n) is 2.45. The molecule has 0 bridgehead atoms. The van der Waals surface area contributed by atoms with Crippen molar-refractivity contribution >= 4 is 0 Å². The van der Waals surface area contributed by atoms with E-state index in [-0.39, 0.29) is 16.9 Å². The van der Waals surface area contributed by atoms with Gasteiger partial charge in [0.05, 0.1) is 0 Å². The van der Waals surface area contributed by atoms with Crippen LogP contribution in [0.25, 0.3) is 0 Å². The van der Waals surface area contributed by atoms with Gasteiger partial charge >= 0.3 is 0 Å². The number of ether oxygens (including phenoxy) is 1. The van der Waals surface area contributed by atoms with Crippen LogP contribution in [0, 0.1) is 0 Å². The zero-order valence-corrected chi connectivity index (χ0v) is 10.3. The van der Waals surface area contributed by atoms with Crippen LogP contribution in [-0.4, -0.2) is 10.2 Å². The van der Waals surface area contributed by atoms with Gasteiger partial charge in [0, 0.05) is 16.5 Å². The van der Waals surface area contributed by atoms with Crippen LogP contribution in [0.2, 0.25) is 0 Å². The molecule has 0 unspecified atom stereocenters. The van der Waals surface area contributed by atoms with Gasteiger partial charge in [-0.15, -0.1) is 0 Å². The standard InChI is InChI=1S/C15H14O3/c1-15(2)11-7-9(16)3-5-13(11)18-14-6-4-10(17)8-12(14)15/h3-8,16-17H,1-2H3. The molecule has 3 nitrogen and oxygen atoms in total. The average molecular weight is 242 g/mol. The predicted octanol–water partition coefficient (Wildman–Crippen LogP) is 3.53. The molecule has 3 heteroatoms. The number of hydrogen-bond acceptors (Lipinski definition) is 3. The van der Waals surface area contributed by atoms with Crippen molar-refractivity contribution in [2.75, 3.05) is 0 Å². The molecule has 0 spiro atoms. The number of phenols is 2. The first kappa shape index (κ1) is 11.0. The number of rotatable bonds is 0. The maximum absolute atomic E-state index is 9.62. The monoisotopic (exact) mass is 242 g/mol. The van der Waals surface area contributed by atoms with Crippen LogP contribution in [0.1, 0.15) is 25.0 Å². The summed E-state index contributed by atoms with van der Waals surface area (Å²) < 4.78 is 5.80. The van der Waals surface area contributed by atoms with Crippen molar-refractivity contribution in [1.82, 2.24) is 0 Å². The number of benzene rings is 2. The van der Waals surface area contributed by atoms with Crippen molar-refractivity contribution in [3.05, 3.63) is 47.5 Å². The third-order valence-corrected chi connectivity index (χ3v) is 3.49. The average Bonchev–Trinajstić information content (AvgIpc) is 2.32. The molecular formula is C15H14O3. The Balaban J connectivity index is 2.27. The largest absolute Gasteiger partial charge is 0.508 e. The van der Waals surface area contributed by atoms with E-state index in [1.165, 1.54) is 0 Å². The Morgan fingerprint density at radius 3 is 1.72 bits per heavy atom. The van der Waals surface area contributed by atoms with Crippen LogP contribution in [-0.2, 0) is 5.41 Å². The van der Waals surface area contributed by atoms with Gasteiger partial charge in [0.2, 0.25) is 0 Å². The van der Waals surface area contributed by atoms with Gasteiger partial charge in [-0.05, 0) is 36.4 Å². The molecule has 2 N–H and O–H groups in total. The molecule has 0 aromatic heterocycles. The molecule has 0 fully saturated rings. The van der Waals surface area contributed by atoms with Gasteiger partial charge in [-0.3, -0.25) is 0 Å². The maximum Gasteiger partial charge on any atom is 0.131 e. The Morgan fingerprint density at radius 2 is 1.28 bits per heavy atom. The van der Waals surface area contributed by atoms with E-state index in [1.807, 2.05) is 13.8 Å². The number of phenolic OH excluding ortho intramolecular Hbond substituents is 2. The summed E-state index contributed by atoms with van der Waals surface area (Å²) in [5.74, 6) is 1.93. The molecule has 0 saturated carbocycles. The Kier molecular flexibility index (Phi) is 2.08. The predicted molar refractivity (Wildman–Crippen MR) is 68.4 cm³/mol. The molecule has 0 radical (unpaired) electrons. The molecule has 1 aliphatic heterocycles. The quantitative estimate of drug-likeness (QED) is 0.743. The highest BCUT2D eigenvalue weighted by Crippen LogP contribution is 2.49. The van der Waals surface area contributed by atoms with Gasteiger partial charge < -0.3 is 14.9 Å². The van der Waals surface area contributed by atoms with Gasteiger partial charge in [-0.2, -0.15) is 0 Å². The molecule has 18 heavy (non-hydrogen) atoms. The van der Waals surface area contributed by atoms with E-state index in [1.54, 1.807) is 36.4 Å². The second-order valence-electron chi connectivity index (χ2n) is 5.09. The smallest absolute Gasteiger partial charge is 0.131 e. The normalized spacial score (nSPS) is 15.4. The van der Waals surface area contributed by atoms with Gasteiger partial charge in [0.25, 0.3) is 0 Å². The minimum Gasteiger partial charge on any atom is -0.508 e. The van der Waals surface area contributed by atoms with Crippen molar-refractivity contribution in [2.45, 2.75) is 19.3 Å². The van der Waals surface area contributed by atoms with E-state index in [0.717, 1.165) is 22.6 Å². The highest BCUT2D eigenvalue weighted by atomic mass is 16.5. The van der Waals surface area contributed by atoms with Crippen LogP contribution < -0.4 is 4.74 Å². The van der Waals surface area contributed by atoms with Crippen molar-refractivity contribution in [1.29, 1.82) is 0 Å². The molecule has 0 aliphatic carbocycles. The van der Waals surface area contributed by atoms with Gasteiger partial charge in [0.1, 0.15) is 23.0 Å². The van der Waals surface area contributed by atoms with Crippen molar-refractivity contribution in [3.8, 4) is 23.0 Å². The van der Waals surface area contributed by atoms with Gasteiger partial charge in [-0.25, -0.2) is 0 Å². The SMILES string of the molecule is CC1(C)c2cc(O)ccc2Oc2ccc(O)cc21. The summed E-state index contributed by atoms with van der Waals surface area (Å²) in [4.78, 5) is 0. The summed E-state index contributed by atoms with van der Waals surface area (Å²) in [5, 5.41) is 19.2. The minimum absolute atomic E-state index is 0.217. The summed E-state index contributed by atoms with van der Waals surface area (Å²) in [6, 6.07) is 10.2. The Bertz CT molecular complexity index is 576. The third kappa shape index (κ3) is 1.44. The third-order valence-electron chi connectivity index (χ3n) is 3.49. The first-order valence-electron chi connectivity index (χ1n) is 5.83. The lowest BCUT2D eigenvalue weighted by Crippen LogP contribution is -2.24. The van der Waals surface area contributed by atoms with Crippen molar-refractivity contribution in [3.63, 3.8) is 0 Å². The lowest BCUT2D eigenvalue weighted by Gasteiger charge is -2.34. The van der Waals surface area contributed by atoms with Crippen molar-refractivity contribution < 1.29 is 14.9 Å². The summed E-state index contributed by atoms with van der Waals surface area (Å²) in [7, 11) is 0. The zero-order chi connectivity index (χ0) is 12.9. The molecule has 2 aromatic rings. The van der Waals surface area contributed by atoms with Gasteiger partial charge in [-0.1, -0.05) is 13.8 Å². The van der Waals surface area contributed by atoms with Crippen LogP contribution in [0.5, 0.6) is 23.0 Å². The van der Waals surface area contributed by atoms with E-state index in [2.05, 4.69) is 0 Å². The van der Waals surface area contributed by atoms with Gasteiger partial charge in [0.15, 0.2) is 0 Å². The topological polar surface area (TPSA) is 49.7 Å². The Hall–Kier alpha value is -2.16. The fourth-order valence-corrected chi connectivity index (χ4v) is 2.45. The zero-order valence-electron chi connectivity index (χ0n) is 10.3. The highest BCUT2D eigenvalue weighted by Gasteiger charge is 2.34. The van der Waals surface area contributed by atoms with Crippen LogP contribution in [0.15, 0.2) is 36.4 Å². The van der Waals surface area contributed by atoms with Crippen LogP contribution in [0.4, 0.5) is 0 Å². The molecule has 0 saturated heterocycles. The van der Waals surface area contributed by atoms with E-state index in [0.29, 0.717) is 0 Å². The first-order chi connectivity index (χ1) is 8.48. The molecule has 1 heterocycles. The lowest BCUT2D eigenvalue weighted by atomic mass is 9.75. The Morgan fingerprint density at radius 1 is 0.833 bits per heavy atom. The van der Waals surface area contributed by atoms with E-state index >= 15 is 0 Å². The lowest BCUT2D eigenvalue weighted by molar-refractivity contribution is 0.406. The van der Waals surface area contributed by atoms with E-state index < -0.39 is 0 Å². The molecule has 3 rings (SSSR count). The molecule has 2 aromatic carbocycles. The highest BCUT2D eigenvalue weighted by molar-refractivity contribution is 5.59. The second-order valence-corrected chi connectivity index (χ2v) is 5.09. The van der Waals surface area contributed by atoms with Crippen LogP contribution >= 0.6 is 0 Å². The Labute approximate surface area is 105 Å². The molecule has 1 aliphatic rings.